The van der Waals surface area contributed by atoms with E-state index in [9.17, 15) is 4.79 Å². The molecule has 0 radical (unpaired) electrons. The maximum absolute atomic E-state index is 11.2. The zero-order valence-corrected chi connectivity index (χ0v) is 13.7. The van der Waals surface area contributed by atoms with Crippen LogP contribution >= 0.6 is 0 Å². The van der Waals surface area contributed by atoms with Gasteiger partial charge >= 0.3 is 0 Å². The van der Waals surface area contributed by atoms with Gasteiger partial charge in [0.15, 0.2) is 0 Å². The Morgan fingerprint density at radius 1 is 1.14 bits per heavy atom. The fourth-order valence-corrected chi connectivity index (χ4v) is 1.91. The van der Waals surface area contributed by atoms with Crippen LogP contribution in [0.5, 0.6) is 0 Å². The van der Waals surface area contributed by atoms with Gasteiger partial charge in [0.2, 0.25) is 5.91 Å². The van der Waals surface area contributed by atoms with Crippen LogP contribution in [0, 0.1) is 6.92 Å². The highest BCUT2D eigenvalue weighted by molar-refractivity contribution is 5.75. The highest BCUT2D eigenvalue weighted by atomic mass is 16.1. The molecule has 7 heteroatoms. The molecule has 0 bridgehead atoms. The van der Waals surface area contributed by atoms with E-state index < -0.39 is 5.54 Å². The second kappa shape index (κ2) is 5.85. The molecule has 0 spiro atoms. The largest absolute Gasteiger partial charge is 0.370 e. The molecule has 0 saturated heterocycles. The van der Waals surface area contributed by atoms with Crippen LogP contribution in [0.3, 0.4) is 0 Å². The number of amides is 1. The highest BCUT2D eigenvalue weighted by Crippen LogP contribution is 2.28. The summed E-state index contributed by atoms with van der Waals surface area (Å²) in [5.41, 5.74) is 7.94. The first kappa shape index (κ1) is 17.2. The fraction of sp³-hybridized carbons (Fsp3) is 0.643. The Balaban J connectivity index is 3.25. The molecule has 0 fully saturated rings. The molecule has 0 unspecified atom stereocenters. The Hall–Kier alpha value is -1.89. The summed E-state index contributed by atoms with van der Waals surface area (Å²) in [5.74, 6) is 7.04. The Bertz CT molecular complexity index is 533. The smallest absolute Gasteiger partial charge is 0.219 e. The van der Waals surface area contributed by atoms with Gasteiger partial charge in [0.05, 0.1) is 0 Å². The van der Waals surface area contributed by atoms with E-state index in [1.165, 1.54) is 0 Å². The van der Waals surface area contributed by atoms with Gasteiger partial charge in [0, 0.05) is 22.9 Å². The number of carbonyl (C=O) groups is 1. The SMILES string of the molecule is Cc1c(NN)nc(C(C)(C)C)nc1NC(C)(C)CC(N)=O. The van der Waals surface area contributed by atoms with Crippen LogP contribution in [0.4, 0.5) is 11.6 Å². The van der Waals surface area contributed by atoms with Crippen molar-refractivity contribution >= 4 is 17.5 Å². The van der Waals surface area contributed by atoms with Crippen molar-refractivity contribution in [1.82, 2.24) is 9.97 Å². The lowest BCUT2D eigenvalue weighted by Crippen LogP contribution is -2.37. The molecule has 21 heavy (non-hydrogen) atoms. The first-order valence-electron chi connectivity index (χ1n) is 6.88. The number of hydrogen-bond donors (Lipinski definition) is 4. The second-order valence-corrected chi connectivity index (χ2v) is 6.92. The molecule has 0 saturated carbocycles. The fourth-order valence-electron chi connectivity index (χ4n) is 1.91. The van der Waals surface area contributed by atoms with Gasteiger partial charge in [-0.25, -0.2) is 15.8 Å². The number of aromatic nitrogens is 2. The van der Waals surface area contributed by atoms with Crippen molar-refractivity contribution in [2.45, 2.75) is 58.9 Å². The third kappa shape index (κ3) is 4.56. The molecule has 1 amide bonds. The second-order valence-electron chi connectivity index (χ2n) is 6.92. The number of hydrogen-bond acceptors (Lipinski definition) is 6. The van der Waals surface area contributed by atoms with E-state index in [1.807, 2.05) is 41.5 Å². The third-order valence-electron chi connectivity index (χ3n) is 3.03. The van der Waals surface area contributed by atoms with E-state index in [4.69, 9.17) is 11.6 Å². The Morgan fingerprint density at radius 3 is 2.10 bits per heavy atom. The Labute approximate surface area is 125 Å². The van der Waals surface area contributed by atoms with Crippen molar-refractivity contribution in [3.05, 3.63) is 11.4 Å². The lowest BCUT2D eigenvalue weighted by molar-refractivity contribution is -0.118. The molecule has 0 aliphatic heterocycles. The summed E-state index contributed by atoms with van der Waals surface area (Å²) in [6.45, 7) is 11.7. The molecule has 0 atom stereocenters. The van der Waals surface area contributed by atoms with Gasteiger partial charge in [-0.15, -0.1) is 0 Å². The van der Waals surface area contributed by atoms with Crippen LogP contribution in [-0.4, -0.2) is 21.4 Å². The summed E-state index contributed by atoms with van der Waals surface area (Å²) in [4.78, 5) is 20.2. The molecule has 1 heterocycles. The number of nitrogens with two attached hydrogens (primary N) is 2. The molecule has 118 valence electrons. The number of anilines is 2. The van der Waals surface area contributed by atoms with Crippen molar-refractivity contribution < 1.29 is 4.79 Å². The van der Waals surface area contributed by atoms with Crippen molar-refractivity contribution in [2.24, 2.45) is 11.6 Å². The predicted octanol–water partition coefficient (Wildman–Crippen LogP) is 1.43. The summed E-state index contributed by atoms with van der Waals surface area (Å²) < 4.78 is 0. The molecule has 0 aliphatic rings. The van der Waals surface area contributed by atoms with Gasteiger partial charge in [-0.3, -0.25) is 4.79 Å². The van der Waals surface area contributed by atoms with E-state index >= 15 is 0 Å². The van der Waals surface area contributed by atoms with E-state index in [-0.39, 0.29) is 17.7 Å². The van der Waals surface area contributed by atoms with Gasteiger partial charge < -0.3 is 16.5 Å². The van der Waals surface area contributed by atoms with Gasteiger partial charge in [-0.1, -0.05) is 20.8 Å². The van der Waals surface area contributed by atoms with Crippen molar-refractivity contribution in [3.8, 4) is 0 Å². The van der Waals surface area contributed by atoms with E-state index in [2.05, 4.69) is 20.7 Å². The summed E-state index contributed by atoms with van der Waals surface area (Å²) in [6, 6.07) is 0. The molecular weight excluding hydrogens is 268 g/mol. The van der Waals surface area contributed by atoms with Crippen LogP contribution in [0.25, 0.3) is 0 Å². The molecule has 7 nitrogen and oxygen atoms in total. The summed E-state index contributed by atoms with van der Waals surface area (Å²) >= 11 is 0. The topological polar surface area (TPSA) is 119 Å². The van der Waals surface area contributed by atoms with Gasteiger partial charge in [0.25, 0.3) is 0 Å². The van der Waals surface area contributed by atoms with Crippen LogP contribution in [-0.2, 0) is 10.2 Å². The first-order valence-corrected chi connectivity index (χ1v) is 6.88. The first-order chi connectivity index (χ1) is 9.46. The minimum Gasteiger partial charge on any atom is -0.370 e. The van der Waals surface area contributed by atoms with Gasteiger partial charge in [-0.2, -0.15) is 0 Å². The monoisotopic (exact) mass is 294 g/mol. The lowest BCUT2D eigenvalue weighted by Gasteiger charge is -2.28. The predicted molar refractivity (Wildman–Crippen MR) is 84.8 cm³/mol. The number of nitrogens with zero attached hydrogens (tertiary/aromatic N) is 2. The maximum atomic E-state index is 11.2. The number of carbonyl (C=O) groups excluding carboxylic acids is 1. The standard InChI is InChI=1S/C14H26N6O/c1-8-10(19-14(5,6)7-9(15)21)17-12(13(2,3)4)18-11(8)20-16/h7,16H2,1-6H3,(H2,15,21)(H2,17,18,19,20). The number of hydrazine groups is 1. The van der Waals surface area contributed by atoms with Crippen molar-refractivity contribution in [2.75, 3.05) is 10.7 Å². The molecular formula is C14H26N6O. The summed E-state index contributed by atoms with van der Waals surface area (Å²) in [5, 5.41) is 3.26. The maximum Gasteiger partial charge on any atom is 0.219 e. The van der Waals surface area contributed by atoms with Gasteiger partial charge in [-0.05, 0) is 20.8 Å². The number of rotatable bonds is 5. The Kier molecular flexibility index (Phi) is 4.78. The zero-order valence-electron chi connectivity index (χ0n) is 13.7. The number of primary amides is 1. The van der Waals surface area contributed by atoms with Crippen LogP contribution in [0.2, 0.25) is 0 Å². The molecule has 0 aliphatic carbocycles. The molecule has 0 aromatic carbocycles. The number of nitrogens with one attached hydrogen (secondary N) is 2. The highest BCUT2D eigenvalue weighted by Gasteiger charge is 2.25. The van der Waals surface area contributed by atoms with Gasteiger partial charge in [0.1, 0.15) is 17.5 Å². The molecule has 6 N–H and O–H groups in total. The zero-order chi connectivity index (χ0) is 16.4. The molecule has 1 aromatic rings. The number of nitrogen functional groups attached to an aromatic ring is 1. The Morgan fingerprint density at radius 2 is 1.67 bits per heavy atom. The van der Waals surface area contributed by atoms with E-state index in [1.54, 1.807) is 0 Å². The quantitative estimate of drug-likeness (QED) is 0.482. The van der Waals surface area contributed by atoms with Crippen LogP contribution < -0.4 is 22.3 Å². The minimum atomic E-state index is -0.508. The van der Waals surface area contributed by atoms with E-state index in [0.717, 1.165) is 5.56 Å². The molecule has 1 rings (SSSR count). The van der Waals surface area contributed by atoms with Crippen LogP contribution in [0.15, 0.2) is 0 Å². The van der Waals surface area contributed by atoms with Crippen molar-refractivity contribution in [3.63, 3.8) is 0 Å². The normalized spacial score (nSPS) is 12.1. The average molecular weight is 294 g/mol. The third-order valence-corrected chi connectivity index (χ3v) is 3.03. The van der Waals surface area contributed by atoms with E-state index in [0.29, 0.717) is 17.5 Å². The lowest BCUT2D eigenvalue weighted by atomic mass is 9.95. The summed E-state index contributed by atoms with van der Waals surface area (Å²) in [6.07, 6.45) is 0.201. The van der Waals surface area contributed by atoms with Crippen molar-refractivity contribution in [1.29, 1.82) is 0 Å². The van der Waals surface area contributed by atoms with Crippen LogP contribution in [0.1, 0.15) is 52.4 Å². The minimum absolute atomic E-state index is 0.201. The average Bonchev–Trinajstić information content (AvgIpc) is 2.28. The molecule has 1 aromatic heterocycles. The summed E-state index contributed by atoms with van der Waals surface area (Å²) in [7, 11) is 0.